The van der Waals surface area contributed by atoms with Crippen LogP contribution in [0.3, 0.4) is 0 Å². The van der Waals surface area contributed by atoms with Gasteiger partial charge in [-0.2, -0.15) is 13.2 Å². The highest BCUT2D eigenvalue weighted by Gasteiger charge is 2.52. The number of ketones is 3. The average molecular weight is 648 g/mol. The highest BCUT2D eigenvalue weighted by Crippen LogP contribution is 2.49. The highest BCUT2D eigenvalue weighted by atomic mass is 19.4. The third kappa shape index (κ3) is 13.0. The zero-order valence-electron chi connectivity index (χ0n) is 31.2. The summed E-state index contributed by atoms with van der Waals surface area (Å²) in [6.07, 6.45) is -2.94. The summed E-state index contributed by atoms with van der Waals surface area (Å²) in [5.41, 5.74) is -6.11. The van der Waals surface area contributed by atoms with E-state index < -0.39 is 40.4 Å². The molecule has 45 heavy (non-hydrogen) atoms. The van der Waals surface area contributed by atoms with Gasteiger partial charge in [0, 0.05) is 35.5 Å². The molecule has 0 aromatic heterocycles. The third-order valence-corrected chi connectivity index (χ3v) is 10.7. The number of carbonyl (C=O) groups excluding carboxylic acids is 3. The molecule has 0 aliphatic carbocycles. The maximum absolute atomic E-state index is 14.1. The van der Waals surface area contributed by atoms with Gasteiger partial charge < -0.3 is 10.4 Å². The Morgan fingerprint density at radius 3 is 1.73 bits per heavy atom. The smallest absolute Gasteiger partial charge is 0.381 e. The first kappa shape index (κ1) is 43.7. The fourth-order valence-corrected chi connectivity index (χ4v) is 6.47. The Morgan fingerprint density at radius 2 is 1.31 bits per heavy atom. The molecule has 8 heteroatoms. The Hall–Kier alpha value is -1.28. The fraction of sp³-hybridized carbons (Fsp3) is 0.919. The number of nitrogens with one attached hydrogen (secondary N) is 1. The molecule has 266 valence electrons. The van der Waals surface area contributed by atoms with Gasteiger partial charge in [-0.05, 0) is 81.2 Å². The van der Waals surface area contributed by atoms with Crippen molar-refractivity contribution in [1.29, 1.82) is 0 Å². The molecule has 4 atom stereocenters. The Balaban J connectivity index is 6.51. The molecule has 4 unspecified atom stereocenters. The summed E-state index contributed by atoms with van der Waals surface area (Å²) in [7, 11) is 0. The van der Waals surface area contributed by atoms with E-state index in [9.17, 15) is 32.7 Å². The SMILES string of the molecule is CCNCCCC(=O)C(C)(CC(C)(C)C(=O)CC(C)(C)C(C)(C)C)CC(C)(CC)C(=O)CC(CC(C)C)CC(C)(O)C(F)(F)F. The van der Waals surface area contributed by atoms with E-state index in [0.717, 1.165) is 13.5 Å². The fourth-order valence-electron chi connectivity index (χ4n) is 6.47. The minimum absolute atomic E-state index is 0.00238. The molecular formula is C37H68F3NO4. The van der Waals surface area contributed by atoms with Crippen molar-refractivity contribution < 1.29 is 32.7 Å². The molecular weight excluding hydrogens is 579 g/mol. The number of Topliss-reactive ketones (excluding diaryl/α,β-unsaturated/α-hetero) is 3. The molecule has 0 fully saturated rings. The maximum Gasteiger partial charge on any atom is 0.416 e. The predicted molar refractivity (Wildman–Crippen MR) is 179 cm³/mol. The van der Waals surface area contributed by atoms with Crippen LogP contribution >= 0.6 is 0 Å². The second-order valence-electron chi connectivity index (χ2n) is 17.4. The van der Waals surface area contributed by atoms with Crippen LogP contribution in [-0.2, 0) is 14.4 Å². The molecule has 0 amide bonds. The summed E-state index contributed by atoms with van der Waals surface area (Å²) in [5, 5.41) is 13.5. The van der Waals surface area contributed by atoms with Crippen LogP contribution in [0.5, 0.6) is 0 Å². The molecule has 0 aliphatic rings. The van der Waals surface area contributed by atoms with Crippen LogP contribution < -0.4 is 5.32 Å². The number of aliphatic hydroxyl groups is 1. The van der Waals surface area contributed by atoms with Crippen molar-refractivity contribution in [2.45, 2.75) is 166 Å². The van der Waals surface area contributed by atoms with Gasteiger partial charge in [0.05, 0.1) is 0 Å². The number of hydrogen-bond acceptors (Lipinski definition) is 5. The lowest BCUT2D eigenvalue weighted by molar-refractivity contribution is -0.259. The molecule has 0 spiro atoms. The van der Waals surface area contributed by atoms with Gasteiger partial charge in [0.2, 0.25) is 0 Å². The summed E-state index contributed by atoms with van der Waals surface area (Å²) in [6, 6.07) is 0. The lowest BCUT2D eigenvalue weighted by atomic mass is 9.58. The minimum atomic E-state index is -4.81. The van der Waals surface area contributed by atoms with Crippen molar-refractivity contribution in [3.05, 3.63) is 0 Å². The van der Waals surface area contributed by atoms with Crippen molar-refractivity contribution >= 4 is 17.3 Å². The van der Waals surface area contributed by atoms with Crippen LogP contribution in [0.15, 0.2) is 0 Å². The molecule has 0 heterocycles. The number of rotatable bonds is 21. The van der Waals surface area contributed by atoms with Crippen molar-refractivity contribution in [1.82, 2.24) is 5.32 Å². The zero-order valence-corrected chi connectivity index (χ0v) is 31.2. The van der Waals surface area contributed by atoms with Gasteiger partial charge in [-0.15, -0.1) is 0 Å². The Morgan fingerprint density at radius 1 is 0.778 bits per heavy atom. The normalized spacial score (nSPS) is 18.2. The molecule has 0 bridgehead atoms. The highest BCUT2D eigenvalue weighted by molar-refractivity contribution is 5.90. The second-order valence-corrected chi connectivity index (χ2v) is 17.4. The van der Waals surface area contributed by atoms with E-state index in [2.05, 4.69) is 39.9 Å². The lowest BCUT2D eigenvalue weighted by Crippen LogP contribution is -2.46. The van der Waals surface area contributed by atoms with Gasteiger partial charge in [0.25, 0.3) is 0 Å². The van der Waals surface area contributed by atoms with E-state index in [1.165, 1.54) is 0 Å². The molecule has 0 radical (unpaired) electrons. The van der Waals surface area contributed by atoms with Crippen molar-refractivity contribution in [2.75, 3.05) is 13.1 Å². The van der Waals surface area contributed by atoms with Crippen LogP contribution in [0.1, 0.15) is 155 Å². The Kier molecular flexibility index (Phi) is 15.8. The van der Waals surface area contributed by atoms with Crippen LogP contribution in [0.2, 0.25) is 0 Å². The van der Waals surface area contributed by atoms with Crippen LogP contribution in [0.25, 0.3) is 0 Å². The third-order valence-electron chi connectivity index (χ3n) is 10.7. The van der Waals surface area contributed by atoms with E-state index in [0.29, 0.717) is 38.6 Å². The maximum atomic E-state index is 14.1. The Labute approximate surface area is 273 Å². The average Bonchev–Trinajstić information content (AvgIpc) is 2.83. The van der Waals surface area contributed by atoms with Crippen molar-refractivity contribution in [3.8, 4) is 0 Å². The van der Waals surface area contributed by atoms with Crippen LogP contribution in [-0.4, -0.2) is 47.3 Å². The standard InChI is InChI=1S/C37H68F3NO4/c1-15-34(12,29(43)21-27(20-26(3)4)22-36(14,45)37(38,39)40)25-35(13,28(42)18-17-19-41-16-2)24-32(8,9)30(44)23-33(10,11)31(5,6)7/h26-27,41,45H,15-25H2,1-14H3. The first-order valence-electron chi connectivity index (χ1n) is 17.1. The number of alkyl halides is 3. The second kappa shape index (κ2) is 16.2. The Bertz CT molecular complexity index is 977. The summed E-state index contributed by atoms with van der Waals surface area (Å²) >= 11 is 0. The summed E-state index contributed by atoms with van der Waals surface area (Å²) < 4.78 is 40.8. The summed E-state index contributed by atoms with van der Waals surface area (Å²) in [6.45, 7) is 27.9. The quantitative estimate of drug-likeness (QED) is 0.121. The lowest BCUT2D eigenvalue weighted by Gasteiger charge is -2.44. The van der Waals surface area contributed by atoms with E-state index in [4.69, 9.17) is 0 Å². The van der Waals surface area contributed by atoms with E-state index in [1.54, 1.807) is 0 Å². The van der Waals surface area contributed by atoms with Gasteiger partial charge in [-0.1, -0.05) is 90.0 Å². The molecule has 0 saturated heterocycles. The number of hydrogen-bond donors (Lipinski definition) is 2. The molecule has 0 saturated carbocycles. The number of halogens is 3. The molecule has 0 rings (SSSR count). The van der Waals surface area contributed by atoms with Gasteiger partial charge in [0.1, 0.15) is 17.3 Å². The van der Waals surface area contributed by atoms with Gasteiger partial charge in [0.15, 0.2) is 5.60 Å². The molecule has 0 aliphatic heterocycles. The van der Waals surface area contributed by atoms with Crippen LogP contribution in [0, 0.1) is 38.9 Å². The van der Waals surface area contributed by atoms with Gasteiger partial charge in [-0.25, -0.2) is 0 Å². The van der Waals surface area contributed by atoms with E-state index >= 15 is 0 Å². The van der Waals surface area contributed by atoms with E-state index in [1.807, 2.05) is 55.4 Å². The molecule has 0 aromatic carbocycles. The first-order valence-corrected chi connectivity index (χ1v) is 17.1. The zero-order chi connectivity index (χ0) is 35.9. The minimum Gasteiger partial charge on any atom is -0.381 e. The number of carbonyl (C=O) groups is 3. The van der Waals surface area contributed by atoms with Crippen molar-refractivity contribution in [2.24, 2.45) is 38.9 Å². The van der Waals surface area contributed by atoms with Gasteiger partial charge in [-0.3, -0.25) is 14.4 Å². The topological polar surface area (TPSA) is 83.5 Å². The summed E-state index contributed by atoms with van der Waals surface area (Å²) in [4.78, 5) is 42.0. The van der Waals surface area contributed by atoms with E-state index in [-0.39, 0.29) is 53.4 Å². The van der Waals surface area contributed by atoms with Gasteiger partial charge >= 0.3 is 6.18 Å². The molecule has 2 N–H and O–H groups in total. The molecule has 0 aromatic rings. The largest absolute Gasteiger partial charge is 0.416 e. The monoisotopic (exact) mass is 648 g/mol. The van der Waals surface area contributed by atoms with Crippen molar-refractivity contribution in [3.63, 3.8) is 0 Å². The van der Waals surface area contributed by atoms with Crippen LogP contribution in [0.4, 0.5) is 13.2 Å². The predicted octanol–water partition coefficient (Wildman–Crippen LogP) is 9.53. The molecule has 5 nitrogen and oxygen atoms in total. The first-order chi connectivity index (χ1) is 20.0. The summed E-state index contributed by atoms with van der Waals surface area (Å²) in [5.74, 6) is -0.752.